The van der Waals surface area contributed by atoms with Crippen molar-refractivity contribution in [3.05, 3.63) is 70.8 Å². The summed E-state index contributed by atoms with van der Waals surface area (Å²) in [5, 5.41) is 6.50. The molecule has 0 aliphatic carbocycles. The molecular formula is C22H20F7N5O. The average Bonchev–Trinajstić information content (AvgIpc) is 3.32. The van der Waals surface area contributed by atoms with Gasteiger partial charge in [-0.05, 0) is 48.2 Å². The Hall–Kier alpha value is -3.48. The number of benzene rings is 2. The van der Waals surface area contributed by atoms with Gasteiger partial charge in [0.2, 0.25) is 0 Å². The summed E-state index contributed by atoms with van der Waals surface area (Å²) in [6.07, 6.45) is -9.89. The van der Waals surface area contributed by atoms with Crippen molar-refractivity contribution < 1.29 is 35.5 Å². The zero-order chi connectivity index (χ0) is 26.2. The van der Waals surface area contributed by atoms with Crippen LogP contribution in [0.15, 0.2) is 43.0 Å². The lowest BCUT2D eigenvalue weighted by molar-refractivity contribution is -0.348. The standard InChI is InChI=1S/C22H20F7N5O/c1-3-13-7-16(20(23,21(24,25)26)22(27,28)29)6-12(2)18(13)33-19(35)14-4-5-15(9-30)17(8-14)34-11-31-10-32-34/h4-8,10-11H,3,9,30H2,1-2H3,(H,33,35). The summed E-state index contributed by atoms with van der Waals surface area (Å²) in [5.74, 6) is -0.696. The Morgan fingerprint density at radius 1 is 1.03 bits per heavy atom. The summed E-state index contributed by atoms with van der Waals surface area (Å²) < 4.78 is 95.3. The minimum absolute atomic E-state index is 0.0156. The predicted octanol–water partition coefficient (Wildman–Crippen LogP) is 5.14. The van der Waals surface area contributed by atoms with Crippen LogP contribution in [0.1, 0.15) is 39.5 Å². The number of nitrogens with zero attached hydrogens (tertiary/aromatic N) is 3. The fraction of sp³-hybridized carbons (Fsp3) is 0.318. The van der Waals surface area contributed by atoms with E-state index in [1.54, 1.807) is 6.07 Å². The molecule has 3 N–H and O–H groups in total. The largest absolute Gasteiger partial charge is 0.435 e. The van der Waals surface area contributed by atoms with E-state index in [1.165, 1.54) is 43.3 Å². The van der Waals surface area contributed by atoms with Gasteiger partial charge < -0.3 is 11.1 Å². The SMILES string of the molecule is CCc1cc(C(F)(C(F)(F)F)C(F)(F)F)cc(C)c1NC(=O)c1ccc(CN)c(-n2cncn2)c1. The number of anilines is 1. The third-order valence-corrected chi connectivity index (χ3v) is 5.45. The Balaban J connectivity index is 2.03. The van der Waals surface area contributed by atoms with Crippen molar-refractivity contribution in [2.75, 3.05) is 5.32 Å². The molecule has 3 rings (SSSR count). The molecule has 0 bridgehead atoms. The first-order valence-electron chi connectivity index (χ1n) is 10.2. The van der Waals surface area contributed by atoms with Gasteiger partial charge in [-0.3, -0.25) is 4.79 Å². The lowest BCUT2D eigenvalue weighted by Crippen LogP contribution is -2.50. The van der Waals surface area contributed by atoms with E-state index in [9.17, 15) is 35.5 Å². The fourth-order valence-corrected chi connectivity index (χ4v) is 3.61. The number of hydrogen-bond acceptors (Lipinski definition) is 4. The van der Waals surface area contributed by atoms with Gasteiger partial charge in [0.15, 0.2) is 0 Å². The molecule has 0 saturated carbocycles. The van der Waals surface area contributed by atoms with E-state index in [1.807, 2.05) is 0 Å². The van der Waals surface area contributed by atoms with Crippen LogP contribution in [0.2, 0.25) is 0 Å². The maximum atomic E-state index is 14.6. The number of aromatic nitrogens is 3. The molecule has 188 valence electrons. The molecule has 0 aliphatic heterocycles. The smallest absolute Gasteiger partial charge is 0.326 e. The lowest BCUT2D eigenvalue weighted by Gasteiger charge is -2.31. The average molecular weight is 503 g/mol. The first-order chi connectivity index (χ1) is 16.2. The molecule has 0 aliphatic rings. The third-order valence-electron chi connectivity index (χ3n) is 5.45. The molecule has 0 unspecified atom stereocenters. The number of amides is 1. The second-order valence-corrected chi connectivity index (χ2v) is 7.68. The van der Waals surface area contributed by atoms with Crippen molar-refractivity contribution in [1.82, 2.24) is 14.8 Å². The summed E-state index contributed by atoms with van der Waals surface area (Å²) in [7, 11) is 0. The van der Waals surface area contributed by atoms with E-state index in [0.717, 1.165) is 0 Å². The molecule has 6 nitrogen and oxygen atoms in total. The molecule has 1 amide bonds. The molecular weight excluding hydrogens is 483 g/mol. The zero-order valence-electron chi connectivity index (χ0n) is 18.4. The quantitative estimate of drug-likeness (QED) is 0.457. The van der Waals surface area contributed by atoms with E-state index in [2.05, 4.69) is 15.4 Å². The van der Waals surface area contributed by atoms with Crippen LogP contribution in [0.5, 0.6) is 0 Å². The molecule has 13 heteroatoms. The Morgan fingerprint density at radius 2 is 1.69 bits per heavy atom. The highest BCUT2D eigenvalue weighted by Gasteiger charge is 2.73. The van der Waals surface area contributed by atoms with Crippen molar-refractivity contribution in [2.24, 2.45) is 5.73 Å². The summed E-state index contributed by atoms with van der Waals surface area (Å²) in [5.41, 5.74) is -0.523. The van der Waals surface area contributed by atoms with Gasteiger partial charge in [-0.15, -0.1) is 0 Å². The number of aryl methyl sites for hydroxylation is 2. The monoisotopic (exact) mass is 503 g/mol. The van der Waals surface area contributed by atoms with Crippen LogP contribution in [0.3, 0.4) is 0 Å². The number of rotatable bonds is 6. The molecule has 0 saturated heterocycles. The van der Waals surface area contributed by atoms with Gasteiger partial charge >= 0.3 is 18.0 Å². The number of nitrogens with two attached hydrogens (primary N) is 1. The highest BCUT2D eigenvalue weighted by molar-refractivity contribution is 6.05. The van der Waals surface area contributed by atoms with Crippen LogP contribution in [0, 0.1) is 6.92 Å². The Labute approximate surface area is 195 Å². The van der Waals surface area contributed by atoms with Crippen LogP contribution in [-0.2, 0) is 18.6 Å². The Kier molecular flexibility index (Phi) is 6.93. The number of hydrogen-bond donors (Lipinski definition) is 2. The second kappa shape index (κ2) is 9.29. The number of carbonyl (C=O) groups is 1. The minimum Gasteiger partial charge on any atom is -0.326 e. The van der Waals surface area contributed by atoms with Gasteiger partial charge in [0.05, 0.1) is 5.69 Å². The summed E-state index contributed by atoms with van der Waals surface area (Å²) in [6.45, 7) is 2.76. The van der Waals surface area contributed by atoms with E-state index < -0.39 is 29.5 Å². The van der Waals surface area contributed by atoms with Gasteiger partial charge in [0, 0.05) is 23.4 Å². The first-order valence-corrected chi connectivity index (χ1v) is 10.2. The molecule has 1 aromatic heterocycles. The van der Waals surface area contributed by atoms with Gasteiger partial charge in [-0.1, -0.05) is 19.1 Å². The molecule has 0 fully saturated rings. The van der Waals surface area contributed by atoms with Crippen LogP contribution in [0.25, 0.3) is 5.69 Å². The number of halogens is 7. The number of carbonyl (C=O) groups excluding carboxylic acids is 1. The van der Waals surface area contributed by atoms with Crippen molar-refractivity contribution in [3.8, 4) is 5.69 Å². The molecule has 0 spiro atoms. The summed E-state index contributed by atoms with van der Waals surface area (Å²) in [4.78, 5) is 16.8. The maximum absolute atomic E-state index is 14.6. The highest BCUT2D eigenvalue weighted by Crippen LogP contribution is 2.53. The van der Waals surface area contributed by atoms with Gasteiger partial charge in [-0.25, -0.2) is 14.1 Å². The predicted molar refractivity (Wildman–Crippen MR) is 113 cm³/mol. The van der Waals surface area contributed by atoms with Crippen LogP contribution in [-0.4, -0.2) is 33.0 Å². The van der Waals surface area contributed by atoms with Crippen molar-refractivity contribution in [2.45, 2.75) is 44.8 Å². The number of alkyl halides is 7. The molecule has 2 aromatic carbocycles. The van der Waals surface area contributed by atoms with E-state index in [-0.39, 0.29) is 35.3 Å². The Morgan fingerprint density at radius 3 is 2.20 bits per heavy atom. The maximum Gasteiger partial charge on any atom is 0.435 e. The summed E-state index contributed by atoms with van der Waals surface area (Å²) in [6, 6.07) is 5.40. The van der Waals surface area contributed by atoms with E-state index in [4.69, 9.17) is 5.73 Å². The second-order valence-electron chi connectivity index (χ2n) is 7.68. The molecule has 0 radical (unpaired) electrons. The van der Waals surface area contributed by atoms with Crippen molar-refractivity contribution in [1.29, 1.82) is 0 Å². The third kappa shape index (κ3) is 4.72. The molecule has 35 heavy (non-hydrogen) atoms. The van der Waals surface area contributed by atoms with Gasteiger partial charge in [0.1, 0.15) is 12.7 Å². The summed E-state index contributed by atoms with van der Waals surface area (Å²) >= 11 is 0. The van der Waals surface area contributed by atoms with Crippen LogP contribution in [0.4, 0.5) is 36.4 Å². The first kappa shape index (κ1) is 26.1. The molecule has 0 atom stereocenters. The zero-order valence-corrected chi connectivity index (χ0v) is 18.4. The number of nitrogens with one attached hydrogen (secondary N) is 1. The van der Waals surface area contributed by atoms with Crippen LogP contribution < -0.4 is 11.1 Å². The normalized spacial score (nSPS) is 12.6. The van der Waals surface area contributed by atoms with E-state index >= 15 is 0 Å². The highest BCUT2D eigenvalue weighted by atomic mass is 19.4. The Bertz CT molecular complexity index is 1210. The minimum atomic E-state index is -6.24. The van der Waals surface area contributed by atoms with Crippen molar-refractivity contribution in [3.63, 3.8) is 0 Å². The topological polar surface area (TPSA) is 85.8 Å². The fourth-order valence-electron chi connectivity index (χ4n) is 3.61. The lowest BCUT2D eigenvalue weighted by atomic mass is 9.89. The van der Waals surface area contributed by atoms with E-state index in [0.29, 0.717) is 23.4 Å². The van der Waals surface area contributed by atoms with Gasteiger partial charge in [-0.2, -0.15) is 31.4 Å². The molecule has 1 heterocycles. The molecule has 3 aromatic rings. The van der Waals surface area contributed by atoms with Crippen molar-refractivity contribution >= 4 is 11.6 Å². The van der Waals surface area contributed by atoms with Crippen LogP contribution >= 0.6 is 0 Å². The van der Waals surface area contributed by atoms with Gasteiger partial charge in [0.25, 0.3) is 5.91 Å².